The topological polar surface area (TPSA) is 134 Å². The fourth-order valence-electron chi connectivity index (χ4n) is 5.40. The van der Waals surface area contributed by atoms with E-state index in [4.69, 9.17) is 14.2 Å². The SMILES string of the molecule is COC(=O)c1cnc2c(c1)C[C@@]1(C2)C(=O)Nc2ncc(/C=C/CCCCC(C(=O)OC(C)(C)C)C(=O)OC(C)(C)C)cc21. The van der Waals surface area contributed by atoms with Crippen LogP contribution in [0.5, 0.6) is 0 Å². The molecule has 0 radical (unpaired) electrons. The Morgan fingerprint density at radius 2 is 1.65 bits per heavy atom. The number of hydrogen-bond donors (Lipinski definition) is 1. The van der Waals surface area contributed by atoms with Crippen molar-refractivity contribution >= 4 is 35.7 Å². The first-order valence-electron chi connectivity index (χ1n) is 14.6. The Kier molecular flexibility index (Phi) is 9.08. The first-order chi connectivity index (χ1) is 20.1. The van der Waals surface area contributed by atoms with Gasteiger partial charge >= 0.3 is 17.9 Å². The monoisotopic (exact) mass is 591 g/mol. The van der Waals surface area contributed by atoms with Gasteiger partial charge in [-0.1, -0.05) is 18.6 Å². The third kappa shape index (κ3) is 7.47. The molecule has 1 aliphatic carbocycles. The smallest absolute Gasteiger partial charge is 0.339 e. The van der Waals surface area contributed by atoms with Gasteiger partial charge in [0.25, 0.3) is 0 Å². The largest absolute Gasteiger partial charge is 0.465 e. The lowest BCUT2D eigenvalue weighted by molar-refractivity contribution is -0.174. The van der Waals surface area contributed by atoms with Crippen molar-refractivity contribution in [2.75, 3.05) is 12.4 Å². The second-order valence-electron chi connectivity index (χ2n) is 13.2. The normalized spacial score (nSPS) is 17.6. The number of hydrogen-bond acceptors (Lipinski definition) is 9. The zero-order chi connectivity index (χ0) is 31.6. The molecular weight excluding hydrogens is 550 g/mol. The molecule has 4 rings (SSSR count). The summed E-state index contributed by atoms with van der Waals surface area (Å²) >= 11 is 0. The van der Waals surface area contributed by atoms with E-state index >= 15 is 0 Å². The van der Waals surface area contributed by atoms with E-state index < -0.39 is 40.4 Å². The van der Waals surface area contributed by atoms with Crippen LogP contribution in [0.3, 0.4) is 0 Å². The molecule has 2 aromatic rings. The van der Waals surface area contributed by atoms with Crippen LogP contribution >= 0.6 is 0 Å². The summed E-state index contributed by atoms with van der Waals surface area (Å²) in [5, 5.41) is 2.91. The third-order valence-electron chi connectivity index (χ3n) is 7.34. The predicted molar refractivity (Wildman–Crippen MR) is 160 cm³/mol. The molecule has 10 nitrogen and oxygen atoms in total. The molecule has 2 aliphatic rings. The Hall–Kier alpha value is -4.08. The molecule has 1 N–H and O–H groups in total. The number of carbonyl (C=O) groups excluding carboxylic acids is 4. The number of fused-ring (bicyclic) bond motifs is 3. The molecule has 0 aromatic carbocycles. The minimum absolute atomic E-state index is 0.127. The summed E-state index contributed by atoms with van der Waals surface area (Å²) in [6.45, 7) is 10.6. The number of ether oxygens (including phenoxy) is 3. The summed E-state index contributed by atoms with van der Waals surface area (Å²) in [4.78, 5) is 59.6. The average molecular weight is 592 g/mol. The van der Waals surface area contributed by atoms with Crippen molar-refractivity contribution in [2.45, 2.75) is 96.7 Å². The van der Waals surface area contributed by atoms with Gasteiger partial charge in [-0.2, -0.15) is 0 Å². The number of methoxy groups -OCH3 is 1. The Bertz CT molecular complexity index is 1420. The van der Waals surface area contributed by atoms with Gasteiger partial charge in [-0.25, -0.2) is 9.78 Å². The zero-order valence-electron chi connectivity index (χ0n) is 26.0. The summed E-state index contributed by atoms with van der Waals surface area (Å²) in [6, 6.07) is 3.73. The van der Waals surface area contributed by atoms with Crippen molar-refractivity contribution < 1.29 is 33.4 Å². The predicted octanol–water partition coefficient (Wildman–Crippen LogP) is 5.13. The highest BCUT2D eigenvalue weighted by atomic mass is 16.6. The molecule has 230 valence electrons. The summed E-state index contributed by atoms with van der Waals surface area (Å²) in [5.41, 5.74) is 1.43. The lowest BCUT2D eigenvalue weighted by atomic mass is 9.79. The van der Waals surface area contributed by atoms with Crippen molar-refractivity contribution in [3.8, 4) is 0 Å². The summed E-state index contributed by atoms with van der Waals surface area (Å²) in [7, 11) is 1.32. The fraction of sp³-hybridized carbons (Fsp3) is 0.515. The van der Waals surface area contributed by atoms with Gasteiger partial charge in [-0.3, -0.25) is 19.4 Å². The van der Waals surface area contributed by atoms with E-state index in [1.165, 1.54) is 13.3 Å². The van der Waals surface area contributed by atoms with Crippen LogP contribution in [0.4, 0.5) is 5.82 Å². The Labute approximate surface area is 252 Å². The Morgan fingerprint density at radius 1 is 0.977 bits per heavy atom. The number of amides is 1. The maximum absolute atomic E-state index is 13.2. The number of nitrogens with one attached hydrogen (secondary N) is 1. The van der Waals surface area contributed by atoms with Crippen LogP contribution < -0.4 is 5.32 Å². The van der Waals surface area contributed by atoms with Crippen LogP contribution in [0.25, 0.3) is 6.08 Å². The van der Waals surface area contributed by atoms with E-state index in [-0.39, 0.29) is 5.91 Å². The number of unbranched alkanes of at least 4 members (excludes halogenated alkanes) is 2. The van der Waals surface area contributed by atoms with Crippen molar-refractivity contribution in [2.24, 2.45) is 5.92 Å². The van der Waals surface area contributed by atoms with E-state index in [2.05, 4.69) is 15.3 Å². The molecule has 2 aromatic heterocycles. The van der Waals surface area contributed by atoms with E-state index in [1.54, 1.807) is 53.8 Å². The molecule has 0 unspecified atom stereocenters. The highest BCUT2D eigenvalue weighted by Crippen LogP contribution is 2.46. The number of anilines is 1. The van der Waals surface area contributed by atoms with Gasteiger partial charge < -0.3 is 19.5 Å². The standard InChI is InChI=1S/C33H41N3O7/c1-31(2,3)42-28(38)23(29(39)43-32(4,5)6)13-11-9-8-10-12-20-14-24-26(35-18-20)36-30(40)33(24)16-21-15-22(27(37)41-7)19-34-25(21)17-33/h10,12,14-15,18-19,23H,8-9,11,13,16-17H2,1-7H3,(H,35,36,40)/b12-10+/t33-/m0/s1. The summed E-state index contributed by atoms with van der Waals surface area (Å²) in [6.07, 6.45) is 10.5. The molecule has 1 aliphatic heterocycles. The van der Waals surface area contributed by atoms with Crippen LogP contribution in [0.2, 0.25) is 0 Å². The minimum atomic E-state index is -0.974. The number of allylic oxidation sites excluding steroid dienone is 1. The molecule has 1 atom stereocenters. The number of esters is 3. The lowest BCUT2D eigenvalue weighted by Crippen LogP contribution is -2.36. The average Bonchev–Trinajstić information content (AvgIpc) is 3.42. The van der Waals surface area contributed by atoms with Gasteiger partial charge in [0.2, 0.25) is 5.91 Å². The summed E-state index contributed by atoms with van der Waals surface area (Å²) in [5.74, 6) is -2.16. The minimum Gasteiger partial charge on any atom is -0.465 e. The number of nitrogens with zero attached hydrogens (tertiary/aromatic N) is 2. The van der Waals surface area contributed by atoms with Gasteiger partial charge in [0.1, 0.15) is 17.0 Å². The molecule has 0 fully saturated rings. The maximum atomic E-state index is 13.2. The van der Waals surface area contributed by atoms with Crippen LogP contribution in [-0.2, 0) is 46.9 Å². The molecule has 3 heterocycles. The fourth-order valence-corrected chi connectivity index (χ4v) is 5.40. The maximum Gasteiger partial charge on any atom is 0.339 e. The van der Waals surface area contributed by atoms with Crippen LogP contribution in [0.1, 0.15) is 100.0 Å². The van der Waals surface area contributed by atoms with Crippen LogP contribution in [0.15, 0.2) is 30.6 Å². The van der Waals surface area contributed by atoms with Gasteiger partial charge in [0.05, 0.1) is 18.1 Å². The molecule has 1 amide bonds. The van der Waals surface area contributed by atoms with Gasteiger partial charge in [0, 0.05) is 30.1 Å². The van der Waals surface area contributed by atoms with Gasteiger partial charge in [0.15, 0.2) is 5.92 Å². The quantitative estimate of drug-likeness (QED) is 0.182. The lowest BCUT2D eigenvalue weighted by Gasteiger charge is -2.26. The summed E-state index contributed by atoms with van der Waals surface area (Å²) < 4.78 is 15.8. The number of rotatable bonds is 9. The Balaban J connectivity index is 1.39. The van der Waals surface area contributed by atoms with Crippen molar-refractivity contribution in [1.29, 1.82) is 0 Å². The van der Waals surface area contributed by atoms with E-state index in [0.717, 1.165) is 35.2 Å². The molecule has 43 heavy (non-hydrogen) atoms. The highest BCUT2D eigenvalue weighted by Gasteiger charge is 2.52. The van der Waals surface area contributed by atoms with Gasteiger partial charge in [-0.05, 0) is 90.5 Å². The molecule has 0 saturated heterocycles. The van der Waals surface area contributed by atoms with E-state index in [9.17, 15) is 19.2 Å². The van der Waals surface area contributed by atoms with Crippen molar-refractivity contribution in [3.63, 3.8) is 0 Å². The Morgan fingerprint density at radius 3 is 2.28 bits per heavy atom. The van der Waals surface area contributed by atoms with Crippen molar-refractivity contribution in [1.82, 2.24) is 9.97 Å². The molecule has 0 saturated carbocycles. The molecular formula is C33H41N3O7. The number of carbonyl (C=O) groups is 4. The van der Waals surface area contributed by atoms with Crippen LogP contribution in [-0.4, -0.2) is 52.1 Å². The zero-order valence-corrected chi connectivity index (χ0v) is 26.0. The first kappa shape index (κ1) is 31.8. The first-order valence-corrected chi connectivity index (χ1v) is 14.6. The van der Waals surface area contributed by atoms with E-state index in [0.29, 0.717) is 37.1 Å². The van der Waals surface area contributed by atoms with Crippen molar-refractivity contribution in [3.05, 3.63) is 58.6 Å². The van der Waals surface area contributed by atoms with E-state index in [1.807, 2.05) is 18.2 Å². The number of aromatic nitrogens is 2. The highest BCUT2D eigenvalue weighted by molar-refractivity contribution is 6.06. The third-order valence-corrected chi connectivity index (χ3v) is 7.34. The molecule has 0 bridgehead atoms. The van der Waals surface area contributed by atoms with Crippen LogP contribution in [0, 0.1) is 5.92 Å². The second-order valence-corrected chi connectivity index (χ2v) is 13.2. The molecule has 1 spiro atoms. The van der Waals surface area contributed by atoms with Gasteiger partial charge in [-0.15, -0.1) is 0 Å². The second kappa shape index (κ2) is 12.3. The number of pyridine rings is 2. The molecule has 10 heteroatoms.